The number of carbonyl (C=O) groups is 1. The molecule has 2 rings (SSSR count). The summed E-state index contributed by atoms with van der Waals surface area (Å²) in [5, 5.41) is 18.7. The van der Waals surface area contributed by atoms with Crippen molar-refractivity contribution in [2.45, 2.75) is 19.5 Å². The fourth-order valence-electron chi connectivity index (χ4n) is 2.52. The molecule has 1 heterocycles. The SMILES string of the molecule is CC(Nc1cnn(CC(=O)NCCO)c1)c1ccc(F)cc1N(C)C. The molecule has 0 aliphatic heterocycles. The normalized spacial score (nSPS) is 11.9. The van der Waals surface area contributed by atoms with Crippen molar-refractivity contribution >= 4 is 17.3 Å². The van der Waals surface area contributed by atoms with E-state index in [0.717, 1.165) is 16.9 Å². The van der Waals surface area contributed by atoms with Gasteiger partial charge in [0, 0.05) is 32.5 Å². The lowest BCUT2D eigenvalue weighted by Crippen LogP contribution is -2.30. The highest BCUT2D eigenvalue weighted by Crippen LogP contribution is 2.28. The number of rotatable bonds is 8. The van der Waals surface area contributed by atoms with Crippen molar-refractivity contribution in [1.82, 2.24) is 15.1 Å². The summed E-state index contributed by atoms with van der Waals surface area (Å²) in [5.74, 6) is -0.494. The Kier molecular flexibility index (Phi) is 6.35. The summed E-state index contributed by atoms with van der Waals surface area (Å²) in [4.78, 5) is 13.5. The second-order valence-corrected chi connectivity index (χ2v) is 5.96. The summed E-state index contributed by atoms with van der Waals surface area (Å²) >= 11 is 0. The van der Waals surface area contributed by atoms with Gasteiger partial charge >= 0.3 is 0 Å². The van der Waals surface area contributed by atoms with Crippen LogP contribution in [0.1, 0.15) is 18.5 Å². The van der Waals surface area contributed by atoms with Crippen LogP contribution in [0, 0.1) is 5.82 Å². The Balaban J connectivity index is 2.04. The number of hydrogen-bond acceptors (Lipinski definition) is 5. The zero-order chi connectivity index (χ0) is 18.4. The molecule has 25 heavy (non-hydrogen) atoms. The van der Waals surface area contributed by atoms with Crippen molar-refractivity contribution < 1.29 is 14.3 Å². The van der Waals surface area contributed by atoms with Crippen LogP contribution in [-0.2, 0) is 11.3 Å². The van der Waals surface area contributed by atoms with Crippen molar-refractivity contribution in [2.24, 2.45) is 0 Å². The molecule has 0 aliphatic carbocycles. The highest BCUT2D eigenvalue weighted by atomic mass is 19.1. The van der Waals surface area contributed by atoms with Crippen LogP contribution in [-0.4, -0.2) is 48.0 Å². The van der Waals surface area contributed by atoms with E-state index in [9.17, 15) is 9.18 Å². The van der Waals surface area contributed by atoms with E-state index < -0.39 is 0 Å². The topological polar surface area (TPSA) is 82.4 Å². The molecular weight excluding hydrogens is 325 g/mol. The van der Waals surface area contributed by atoms with Crippen LogP contribution in [0.4, 0.5) is 15.8 Å². The quantitative estimate of drug-likeness (QED) is 0.671. The predicted octanol–water partition coefficient (Wildman–Crippen LogP) is 1.37. The third kappa shape index (κ3) is 5.18. The number of nitrogens with one attached hydrogen (secondary N) is 2. The van der Waals surface area contributed by atoms with E-state index in [1.54, 1.807) is 18.5 Å². The standard InChI is InChI=1S/C17H24FN5O2/c1-12(15-5-4-13(18)8-16(15)22(2)3)21-14-9-20-23(10-14)11-17(25)19-6-7-24/h4-5,8-10,12,21,24H,6-7,11H2,1-3H3,(H,19,25). The molecule has 0 saturated heterocycles. The van der Waals surface area contributed by atoms with Crippen LogP contribution >= 0.6 is 0 Å². The minimum absolute atomic E-state index is 0.0705. The highest BCUT2D eigenvalue weighted by Gasteiger charge is 2.14. The van der Waals surface area contributed by atoms with Gasteiger partial charge in [-0.05, 0) is 24.6 Å². The Morgan fingerprint density at radius 3 is 2.88 bits per heavy atom. The molecular formula is C17H24FN5O2. The third-order valence-electron chi connectivity index (χ3n) is 3.70. The second kappa shape index (κ2) is 8.48. The number of carbonyl (C=O) groups excluding carboxylic acids is 1. The maximum atomic E-state index is 13.5. The van der Waals surface area contributed by atoms with Crippen molar-refractivity contribution in [2.75, 3.05) is 37.5 Å². The molecule has 3 N–H and O–H groups in total. The van der Waals surface area contributed by atoms with E-state index in [-0.39, 0.29) is 37.5 Å². The molecule has 0 aliphatic rings. The molecule has 0 fully saturated rings. The van der Waals surface area contributed by atoms with Crippen LogP contribution in [0.3, 0.4) is 0 Å². The fraction of sp³-hybridized carbons (Fsp3) is 0.412. The minimum atomic E-state index is -0.277. The van der Waals surface area contributed by atoms with Crippen LogP contribution in [0.15, 0.2) is 30.6 Å². The number of aromatic nitrogens is 2. The first-order valence-corrected chi connectivity index (χ1v) is 8.04. The molecule has 7 nitrogen and oxygen atoms in total. The summed E-state index contributed by atoms with van der Waals surface area (Å²) in [6, 6.07) is 4.63. The number of hydrogen-bond donors (Lipinski definition) is 3. The first-order chi connectivity index (χ1) is 11.9. The molecule has 0 bridgehead atoms. The molecule has 136 valence electrons. The van der Waals surface area contributed by atoms with Crippen LogP contribution < -0.4 is 15.5 Å². The molecule has 1 aromatic heterocycles. The van der Waals surface area contributed by atoms with E-state index in [0.29, 0.717) is 0 Å². The molecule has 2 aromatic rings. The fourth-order valence-corrected chi connectivity index (χ4v) is 2.52. The Morgan fingerprint density at radius 2 is 2.20 bits per heavy atom. The lowest BCUT2D eigenvalue weighted by Gasteiger charge is -2.22. The maximum absolute atomic E-state index is 13.5. The summed E-state index contributed by atoms with van der Waals surface area (Å²) < 4.78 is 15.0. The van der Waals surface area contributed by atoms with Crippen molar-refractivity contribution in [3.63, 3.8) is 0 Å². The molecule has 1 unspecified atom stereocenters. The van der Waals surface area contributed by atoms with Gasteiger partial charge in [0.15, 0.2) is 0 Å². The molecule has 0 radical (unpaired) electrons. The largest absolute Gasteiger partial charge is 0.395 e. The Labute approximate surface area is 146 Å². The lowest BCUT2D eigenvalue weighted by atomic mass is 10.1. The van der Waals surface area contributed by atoms with Crippen molar-refractivity contribution in [1.29, 1.82) is 0 Å². The first-order valence-electron chi connectivity index (χ1n) is 8.04. The number of amides is 1. The number of aliphatic hydroxyl groups is 1. The molecule has 1 amide bonds. The zero-order valence-electron chi connectivity index (χ0n) is 14.7. The average Bonchev–Trinajstić information content (AvgIpc) is 2.99. The monoisotopic (exact) mass is 349 g/mol. The smallest absolute Gasteiger partial charge is 0.241 e. The number of aliphatic hydroxyl groups excluding tert-OH is 1. The second-order valence-electron chi connectivity index (χ2n) is 5.96. The summed E-state index contributed by atoms with van der Waals surface area (Å²) in [7, 11) is 3.74. The van der Waals surface area contributed by atoms with Gasteiger partial charge in [-0.25, -0.2) is 4.39 Å². The van der Waals surface area contributed by atoms with Crippen molar-refractivity contribution in [3.8, 4) is 0 Å². The van der Waals surface area contributed by atoms with Crippen LogP contribution in [0.5, 0.6) is 0 Å². The van der Waals surface area contributed by atoms with E-state index in [1.807, 2.05) is 25.9 Å². The van der Waals surface area contributed by atoms with Gasteiger partial charge in [-0.2, -0.15) is 5.10 Å². The number of halogens is 1. The van der Waals surface area contributed by atoms with Gasteiger partial charge in [-0.3, -0.25) is 9.48 Å². The van der Waals surface area contributed by atoms with Crippen LogP contribution in [0.2, 0.25) is 0 Å². The van der Waals surface area contributed by atoms with Gasteiger partial charge in [-0.15, -0.1) is 0 Å². The molecule has 8 heteroatoms. The summed E-state index contributed by atoms with van der Waals surface area (Å²) in [5.41, 5.74) is 2.52. The van der Waals surface area contributed by atoms with E-state index >= 15 is 0 Å². The molecule has 1 aromatic carbocycles. The van der Waals surface area contributed by atoms with Crippen molar-refractivity contribution in [3.05, 3.63) is 42.0 Å². The minimum Gasteiger partial charge on any atom is -0.395 e. The number of nitrogens with zero attached hydrogens (tertiary/aromatic N) is 3. The third-order valence-corrected chi connectivity index (χ3v) is 3.70. The number of benzene rings is 1. The summed E-state index contributed by atoms with van der Waals surface area (Å²) in [6.45, 7) is 2.18. The van der Waals surface area contributed by atoms with Gasteiger partial charge in [-0.1, -0.05) is 6.07 Å². The van der Waals surface area contributed by atoms with Gasteiger partial charge in [0.05, 0.1) is 24.5 Å². The Morgan fingerprint density at radius 1 is 1.44 bits per heavy atom. The van der Waals surface area contributed by atoms with Gasteiger partial charge in [0.25, 0.3) is 0 Å². The Bertz CT molecular complexity index is 717. The van der Waals surface area contributed by atoms with E-state index in [1.165, 1.54) is 16.8 Å². The van der Waals surface area contributed by atoms with Crippen LogP contribution in [0.25, 0.3) is 0 Å². The maximum Gasteiger partial charge on any atom is 0.241 e. The van der Waals surface area contributed by atoms with E-state index in [4.69, 9.17) is 5.11 Å². The molecule has 0 spiro atoms. The molecule has 1 atom stereocenters. The number of anilines is 2. The van der Waals surface area contributed by atoms with Gasteiger partial charge in [0.1, 0.15) is 12.4 Å². The molecule has 0 saturated carbocycles. The van der Waals surface area contributed by atoms with E-state index in [2.05, 4.69) is 15.7 Å². The first kappa shape index (κ1) is 18.7. The Hall–Kier alpha value is -2.61. The predicted molar refractivity (Wildman–Crippen MR) is 95.1 cm³/mol. The van der Waals surface area contributed by atoms with Gasteiger partial charge in [0.2, 0.25) is 5.91 Å². The summed E-state index contributed by atoms with van der Waals surface area (Å²) in [6.07, 6.45) is 3.36. The van der Waals surface area contributed by atoms with Gasteiger partial charge < -0.3 is 20.6 Å². The lowest BCUT2D eigenvalue weighted by molar-refractivity contribution is -0.122. The average molecular weight is 349 g/mol. The zero-order valence-corrected chi connectivity index (χ0v) is 14.7. The highest BCUT2D eigenvalue weighted by molar-refractivity contribution is 5.75.